The zero-order chi connectivity index (χ0) is 14.8. The molecule has 6 nitrogen and oxygen atoms in total. The summed E-state index contributed by atoms with van der Waals surface area (Å²) in [7, 11) is 0. The number of benzene rings is 1. The highest BCUT2D eigenvalue weighted by Crippen LogP contribution is 2.19. The van der Waals surface area contributed by atoms with E-state index in [0.717, 1.165) is 5.56 Å². The van der Waals surface area contributed by atoms with Gasteiger partial charge in [0.05, 0.1) is 11.2 Å². The summed E-state index contributed by atoms with van der Waals surface area (Å²) in [6.07, 6.45) is 0.557. The topological polar surface area (TPSA) is 104 Å². The molecule has 0 fully saturated rings. The van der Waals surface area contributed by atoms with Crippen LogP contribution in [0.1, 0.15) is 20.3 Å². The zero-order valence-corrected chi connectivity index (χ0v) is 11.5. The molecule has 1 unspecified atom stereocenters. The molecule has 2 aromatic rings. The number of carbonyl (C=O) groups excluding carboxylic acids is 1. The summed E-state index contributed by atoms with van der Waals surface area (Å²) in [5.41, 5.74) is 7.03. The molecule has 0 saturated carbocycles. The number of nitrogens with two attached hydrogens (primary N) is 1. The number of nitrogens with one attached hydrogen (secondary N) is 3. The Hall–Kier alpha value is -2.34. The lowest BCUT2D eigenvalue weighted by Crippen LogP contribution is -2.47. The average Bonchev–Trinajstić information content (AvgIpc) is 2.86. The smallest absolute Gasteiger partial charge is 0.264 e. The van der Waals surface area contributed by atoms with Crippen LogP contribution in [0.25, 0.3) is 11.3 Å². The van der Waals surface area contributed by atoms with E-state index in [0.29, 0.717) is 17.8 Å². The van der Waals surface area contributed by atoms with E-state index in [4.69, 9.17) is 5.73 Å². The molecule has 0 aliphatic heterocycles. The Balaban J connectivity index is 2.13. The van der Waals surface area contributed by atoms with Crippen molar-refractivity contribution in [2.75, 3.05) is 5.32 Å². The molecule has 1 amide bonds. The van der Waals surface area contributed by atoms with E-state index in [9.17, 15) is 9.59 Å². The maximum atomic E-state index is 11.9. The van der Waals surface area contributed by atoms with Crippen LogP contribution in [0.3, 0.4) is 0 Å². The molecule has 0 bridgehead atoms. The van der Waals surface area contributed by atoms with Crippen molar-refractivity contribution in [3.8, 4) is 11.3 Å². The molecule has 1 aromatic carbocycles. The summed E-state index contributed by atoms with van der Waals surface area (Å²) in [4.78, 5) is 23.0. The third-order valence-electron chi connectivity index (χ3n) is 3.30. The standard InChI is InChI=1S/C14H18N4O2/c1-3-14(2,15)13(20)16-10-6-4-9(5-7-10)11-8-12(19)18-17-11/h4-8H,3,15H2,1-2H3,(H,16,20)(H2,17,18,19). The van der Waals surface area contributed by atoms with Gasteiger partial charge in [-0.3, -0.25) is 19.8 Å². The van der Waals surface area contributed by atoms with Crippen LogP contribution in [0, 0.1) is 0 Å². The van der Waals surface area contributed by atoms with Crippen LogP contribution in [-0.4, -0.2) is 21.6 Å². The number of aromatic nitrogens is 2. The predicted molar refractivity (Wildman–Crippen MR) is 78.4 cm³/mol. The Labute approximate surface area is 116 Å². The maximum Gasteiger partial charge on any atom is 0.264 e. The van der Waals surface area contributed by atoms with Gasteiger partial charge in [0.15, 0.2) is 0 Å². The van der Waals surface area contributed by atoms with Crippen LogP contribution in [0.5, 0.6) is 0 Å². The Morgan fingerprint density at radius 1 is 1.30 bits per heavy atom. The molecular formula is C14H18N4O2. The van der Waals surface area contributed by atoms with E-state index in [1.807, 2.05) is 19.1 Å². The predicted octanol–water partition coefficient (Wildman–Crippen LogP) is 1.44. The highest BCUT2D eigenvalue weighted by Gasteiger charge is 2.25. The molecule has 0 saturated heterocycles. The number of carbonyl (C=O) groups is 1. The van der Waals surface area contributed by atoms with Crippen molar-refractivity contribution in [2.45, 2.75) is 25.8 Å². The van der Waals surface area contributed by atoms with Gasteiger partial charge in [0.1, 0.15) is 0 Å². The highest BCUT2D eigenvalue weighted by molar-refractivity contribution is 5.97. The van der Waals surface area contributed by atoms with Gasteiger partial charge >= 0.3 is 0 Å². The second kappa shape index (κ2) is 5.34. The molecule has 0 aliphatic carbocycles. The first-order chi connectivity index (χ1) is 9.42. The molecule has 0 radical (unpaired) electrons. The van der Waals surface area contributed by atoms with Gasteiger partial charge in [-0.2, -0.15) is 0 Å². The number of hydrogen-bond acceptors (Lipinski definition) is 3. The van der Waals surface area contributed by atoms with Crippen LogP contribution < -0.4 is 16.6 Å². The van der Waals surface area contributed by atoms with Crippen LogP contribution in [-0.2, 0) is 4.79 Å². The second-order valence-electron chi connectivity index (χ2n) is 4.97. The zero-order valence-electron chi connectivity index (χ0n) is 11.5. The summed E-state index contributed by atoms with van der Waals surface area (Å²) < 4.78 is 0. The third-order valence-corrected chi connectivity index (χ3v) is 3.30. The molecular weight excluding hydrogens is 256 g/mol. The van der Waals surface area contributed by atoms with E-state index < -0.39 is 5.54 Å². The Morgan fingerprint density at radius 2 is 1.95 bits per heavy atom. The first-order valence-electron chi connectivity index (χ1n) is 6.41. The van der Waals surface area contributed by atoms with Gasteiger partial charge in [0.25, 0.3) is 5.56 Å². The monoisotopic (exact) mass is 274 g/mol. The molecule has 2 rings (SSSR count). The van der Waals surface area contributed by atoms with Gasteiger partial charge in [-0.05, 0) is 31.0 Å². The normalized spacial score (nSPS) is 13.8. The van der Waals surface area contributed by atoms with E-state index >= 15 is 0 Å². The Kier molecular flexibility index (Phi) is 3.76. The fourth-order valence-corrected chi connectivity index (χ4v) is 1.66. The van der Waals surface area contributed by atoms with E-state index in [1.54, 1.807) is 19.1 Å². The summed E-state index contributed by atoms with van der Waals surface area (Å²) in [6.45, 7) is 3.56. The number of aromatic amines is 2. The molecule has 106 valence electrons. The minimum atomic E-state index is -0.884. The fraction of sp³-hybridized carbons (Fsp3) is 0.286. The van der Waals surface area contributed by atoms with E-state index in [2.05, 4.69) is 15.5 Å². The summed E-state index contributed by atoms with van der Waals surface area (Å²) in [6, 6.07) is 8.64. The average molecular weight is 274 g/mol. The molecule has 0 spiro atoms. The largest absolute Gasteiger partial charge is 0.325 e. The Morgan fingerprint density at radius 3 is 2.45 bits per heavy atom. The molecule has 20 heavy (non-hydrogen) atoms. The lowest BCUT2D eigenvalue weighted by molar-refractivity contribution is -0.120. The Bertz CT molecular complexity index is 652. The molecule has 1 atom stereocenters. The number of anilines is 1. The maximum absolute atomic E-state index is 11.9. The lowest BCUT2D eigenvalue weighted by Gasteiger charge is -2.21. The van der Waals surface area contributed by atoms with Gasteiger partial charge < -0.3 is 11.1 Å². The van der Waals surface area contributed by atoms with Gasteiger partial charge in [0, 0.05) is 11.8 Å². The van der Waals surface area contributed by atoms with Crippen molar-refractivity contribution < 1.29 is 4.79 Å². The summed E-state index contributed by atoms with van der Waals surface area (Å²) >= 11 is 0. The minimum absolute atomic E-state index is 0.181. The highest BCUT2D eigenvalue weighted by atomic mass is 16.2. The summed E-state index contributed by atoms with van der Waals surface area (Å²) in [5, 5.41) is 8.02. The minimum Gasteiger partial charge on any atom is -0.325 e. The molecule has 1 aromatic heterocycles. The van der Waals surface area contributed by atoms with Crippen LogP contribution >= 0.6 is 0 Å². The molecule has 5 N–H and O–H groups in total. The first kappa shape index (κ1) is 14.1. The first-order valence-corrected chi connectivity index (χ1v) is 6.41. The van der Waals surface area contributed by atoms with Crippen molar-refractivity contribution in [1.29, 1.82) is 0 Å². The van der Waals surface area contributed by atoms with Gasteiger partial charge in [-0.25, -0.2) is 0 Å². The van der Waals surface area contributed by atoms with Gasteiger partial charge in [0.2, 0.25) is 5.91 Å². The number of amides is 1. The third kappa shape index (κ3) is 2.97. The molecule has 6 heteroatoms. The van der Waals surface area contributed by atoms with Crippen molar-refractivity contribution in [1.82, 2.24) is 10.2 Å². The summed E-state index contributed by atoms with van der Waals surface area (Å²) in [5.74, 6) is -0.220. The van der Waals surface area contributed by atoms with Gasteiger partial charge in [-0.15, -0.1) is 0 Å². The fourth-order valence-electron chi connectivity index (χ4n) is 1.66. The number of H-pyrrole nitrogens is 2. The second-order valence-corrected chi connectivity index (χ2v) is 4.97. The lowest BCUT2D eigenvalue weighted by atomic mass is 9.99. The SMILES string of the molecule is CCC(C)(N)C(=O)Nc1ccc(-c2cc(=O)[nH][nH]2)cc1. The van der Waals surface area contributed by atoms with E-state index in [-0.39, 0.29) is 11.5 Å². The van der Waals surface area contributed by atoms with Crippen molar-refractivity contribution in [3.63, 3.8) is 0 Å². The van der Waals surface area contributed by atoms with Crippen LogP contribution in [0.15, 0.2) is 35.1 Å². The van der Waals surface area contributed by atoms with Crippen LogP contribution in [0.2, 0.25) is 0 Å². The van der Waals surface area contributed by atoms with Crippen molar-refractivity contribution >= 4 is 11.6 Å². The number of rotatable bonds is 4. The number of hydrogen-bond donors (Lipinski definition) is 4. The van der Waals surface area contributed by atoms with Gasteiger partial charge in [-0.1, -0.05) is 19.1 Å². The quantitative estimate of drug-likeness (QED) is 0.678. The van der Waals surface area contributed by atoms with Crippen LogP contribution in [0.4, 0.5) is 5.69 Å². The van der Waals surface area contributed by atoms with Crippen molar-refractivity contribution in [3.05, 3.63) is 40.7 Å². The van der Waals surface area contributed by atoms with E-state index in [1.165, 1.54) is 6.07 Å². The molecule has 1 heterocycles. The van der Waals surface area contributed by atoms with Crippen molar-refractivity contribution in [2.24, 2.45) is 5.73 Å². The molecule has 0 aliphatic rings.